The molecule has 2 aromatic carbocycles. The number of hydrogen-bond donors (Lipinski definition) is 2. The number of nitrogens with one attached hydrogen (secondary N) is 2. The largest absolute Gasteiger partial charge is 0.484 e. The minimum Gasteiger partial charge on any atom is -0.484 e. The van der Waals surface area contributed by atoms with Gasteiger partial charge in [-0.1, -0.05) is 30.3 Å². The number of amides is 1. The van der Waals surface area contributed by atoms with Gasteiger partial charge in [-0.3, -0.25) is 18.7 Å². The van der Waals surface area contributed by atoms with Crippen LogP contribution in [-0.4, -0.2) is 38.2 Å². The molecule has 9 nitrogen and oxygen atoms in total. The lowest BCUT2D eigenvalue weighted by atomic mass is 10.1. The van der Waals surface area contributed by atoms with E-state index in [0.29, 0.717) is 23.8 Å². The number of ether oxygens (including phenoxy) is 1. The van der Waals surface area contributed by atoms with Crippen LogP contribution in [-0.2, 0) is 25.3 Å². The predicted molar refractivity (Wildman–Crippen MR) is 121 cm³/mol. The van der Waals surface area contributed by atoms with E-state index in [1.807, 2.05) is 30.3 Å². The molecule has 2 aromatic heterocycles. The van der Waals surface area contributed by atoms with E-state index in [9.17, 15) is 14.4 Å². The first-order chi connectivity index (χ1) is 15.4. The molecule has 32 heavy (non-hydrogen) atoms. The molecule has 0 unspecified atom stereocenters. The van der Waals surface area contributed by atoms with Crippen molar-refractivity contribution in [3.63, 3.8) is 0 Å². The SMILES string of the molecule is Cn1c(=O)c2[nH]c(-c3ccc(OCC(=O)NCCc4ccccc4)cc3)nc2n(C)c1=O. The first kappa shape index (κ1) is 21.1. The number of hydrogen-bond acceptors (Lipinski definition) is 5. The number of imidazole rings is 1. The Morgan fingerprint density at radius 1 is 1.03 bits per heavy atom. The number of H-pyrrole nitrogens is 1. The molecule has 164 valence electrons. The topological polar surface area (TPSA) is 111 Å². The number of rotatable bonds is 7. The molecule has 0 atom stereocenters. The summed E-state index contributed by atoms with van der Waals surface area (Å²) in [5.41, 5.74) is 1.56. The fraction of sp³-hybridized carbons (Fsp3) is 0.217. The summed E-state index contributed by atoms with van der Waals surface area (Å²) in [6.07, 6.45) is 0.757. The van der Waals surface area contributed by atoms with Crippen LogP contribution in [0.3, 0.4) is 0 Å². The Kier molecular flexibility index (Phi) is 5.89. The highest BCUT2D eigenvalue weighted by Gasteiger charge is 2.14. The summed E-state index contributed by atoms with van der Waals surface area (Å²) in [7, 11) is 2.99. The Morgan fingerprint density at radius 3 is 2.47 bits per heavy atom. The smallest absolute Gasteiger partial charge is 0.332 e. The second kappa shape index (κ2) is 8.93. The lowest BCUT2D eigenvalue weighted by Gasteiger charge is -2.08. The number of carbonyl (C=O) groups is 1. The van der Waals surface area contributed by atoms with Gasteiger partial charge in [-0.05, 0) is 36.2 Å². The Labute approximate surface area is 183 Å². The molecule has 0 saturated heterocycles. The van der Waals surface area contributed by atoms with Crippen molar-refractivity contribution in [3.05, 3.63) is 81.0 Å². The molecule has 0 aliphatic heterocycles. The van der Waals surface area contributed by atoms with E-state index in [2.05, 4.69) is 15.3 Å². The van der Waals surface area contributed by atoms with Crippen LogP contribution in [0.4, 0.5) is 0 Å². The molecule has 0 aliphatic carbocycles. The van der Waals surface area contributed by atoms with Gasteiger partial charge in [0.15, 0.2) is 12.3 Å². The minimum absolute atomic E-state index is 0.0864. The number of aryl methyl sites for hydroxylation is 1. The van der Waals surface area contributed by atoms with Gasteiger partial charge in [-0.25, -0.2) is 9.78 Å². The maximum atomic E-state index is 12.3. The molecule has 2 heterocycles. The zero-order valence-electron chi connectivity index (χ0n) is 17.8. The lowest BCUT2D eigenvalue weighted by molar-refractivity contribution is -0.123. The van der Waals surface area contributed by atoms with Crippen molar-refractivity contribution in [2.45, 2.75) is 6.42 Å². The van der Waals surface area contributed by atoms with Crippen LogP contribution in [0.25, 0.3) is 22.6 Å². The standard InChI is InChI=1S/C23H23N5O4/c1-27-21-19(22(30)28(2)23(27)31)25-20(26-21)16-8-10-17(11-9-16)32-14-18(29)24-13-12-15-6-4-3-5-7-15/h3-11H,12-14H2,1-2H3,(H,24,29)(H,25,26). The molecule has 0 radical (unpaired) electrons. The van der Waals surface area contributed by atoms with Gasteiger partial charge in [0, 0.05) is 26.2 Å². The van der Waals surface area contributed by atoms with Crippen molar-refractivity contribution in [3.8, 4) is 17.1 Å². The predicted octanol–water partition coefficient (Wildman–Crippen LogP) is 1.36. The molecule has 0 bridgehead atoms. The molecular weight excluding hydrogens is 410 g/mol. The first-order valence-corrected chi connectivity index (χ1v) is 10.1. The Balaban J connectivity index is 1.38. The van der Waals surface area contributed by atoms with Crippen LogP contribution in [0.2, 0.25) is 0 Å². The van der Waals surface area contributed by atoms with Crippen molar-refractivity contribution in [2.75, 3.05) is 13.2 Å². The van der Waals surface area contributed by atoms with Gasteiger partial charge in [0.1, 0.15) is 17.1 Å². The third-order valence-electron chi connectivity index (χ3n) is 5.17. The summed E-state index contributed by atoms with van der Waals surface area (Å²) in [5.74, 6) is 0.800. The second-order valence-corrected chi connectivity index (χ2v) is 7.39. The highest BCUT2D eigenvalue weighted by molar-refractivity contribution is 5.77. The van der Waals surface area contributed by atoms with E-state index < -0.39 is 11.2 Å². The monoisotopic (exact) mass is 433 g/mol. The van der Waals surface area contributed by atoms with Gasteiger partial charge in [0.25, 0.3) is 11.5 Å². The Bertz CT molecular complexity index is 1370. The number of aromatic nitrogens is 4. The first-order valence-electron chi connectivity index (χ1n) is 10.1. The van der Waals surface area contributed by atoms with Gasteiger partial charge < -0.3 is 15.0 Å². The lowest BCUT2D eigenvalue weighted by Crippen LogP contribution is -2.36. The van der Waals surface area contributed by atoms with Crippen LogP contribution in [0, 0.1) is 0 Å². The molecule has 2 N–H and O–H groups in total. The number of carbonyl (C=O) groups excluding carboxylic acids is 1. The summed E-state index contributed by atoms with van der Waals surface area (Å²) in [4.78, 5) is 43.8. The average molecular weight is 433 g/mol. The van der Waals surface area contributed by atoms with Gasteiger partial charge in [0.2, 0.25) is 0 Å². The van der Waals surface area contributed by atoms with Crippen molar-refractivity contribution in [2.24, 2.45) is 14.1 Å². The average Bonchev–Trinajstić information content (AvgIpc) is 3.27. The van der Waals surface area contributed by atoms with Crippen LogP contribution in [0.15, 0.2) is 64.2 Å². The van der Waals surface area contributed by atoms with E-state index in [-0.39, 0.29) is 18.0 Å². The zero-order valence-corrected chi connectivity index (χ0v) is 17.8. The number of fused-ring (bicyclic) bond motifs is 1. The second-order valence-electron chi connectivity index (χ2n) is 7.39. The summed E-state index contributed by atoms with van der Waals surface area (Å²) in [6.45, 7) is 0.454. The maximum absolute atomic E-state index is 12.3. The third kappa shape index (κ3) is 4.31. The normalized spacial score (nSPS) is 10.9. The van der Waals surface area contributed by atoms with Gasteiger partial charge in [-0.2, -0.15) is 0 Å². The van der Waals surface area contributed by atoms with Crippen LogP contribution in [0.5, 0.6) is 5.75 Å². The molecule has 0 spiro atoms. The summed E-state index contributed by atoms with van der Waals surface area (Å²) >= 11 is 0. The fourth-order valence-electron chi connectivity index (χ4n) is 3.36. The minimum atomic E-state index is -0.439. The summed E-state index contributed by atoms with van der Waals surface area (Å²) in [6, 6.07) is 16.9. The van der Waals surface area contributed by atoms with Crippen molar-refractivity contribution >= 4 is 17.1 Å². The molecule has 9 heteroatoms. The molecule has 0 saturated carbocycles. The molecule has 4 rings (SSSR count). The van der Waals surface area contributed by atoms with Gasteiger partial charge in [0.05, 0.1) is 0 Å². The van der Waals surface area contributed by atoms with Crippen LogP contribution < -0.4 is 21.3 Å². The fourth-order valence-corrected chi connectivity index (χ4v) is 3.36. The molecule has 1 amide bonds. The maximum Gasteiger partial charge on any atom is 0.332 e. The Hall–Kier alpha value is -4.14. The third-order valence-corrected chi connectivity index (χ3v) is 5.17. The molecule has 0 fully saturated rings. The van der Waals surface area contributed by atoms with Crippen molar-refractivity contribution < 1.29 is 9.53 Å². The quantitative estimate of drug-likeness (QED) is 0.457. The van der Waals surface area contributed by atoms with E-state index in [0.717, 1.165) is 22.1 Å². The summed E-state index contributed by atoms with van der Waals surface area (Å²) < 4.78 is 7.91. The zero-order chi connectivity index (χ0) is 22.7. The van der Waals surface area contributed by atoms with Crippen LogP contribution >= 0.6 is 0 Å². The van der Waals surface area contributed by atoms with E-state index in [1.54, 1.807) is 31.3 Å². The highest BCUT2D eigenvalue weighted by atomic mass is 16.5. The van der Waals surface area contributed by atoms with Crippen molar-refractivity contribution in [1.82, 2.24) is 24.4 Å². The van der Waals surface area contributed by atoms with E-state index in [4.69, 9.17) is 4.74 Å². The van der Waals surface area contributed by atoms with Gasteiger partial charge in [-0.15, -0.1) is 0 Å². The van der Waals surface area contributed by atoms with Crippen molar-refractivity contribution in [1.29, 1.82) is 0 Å². The van der Waals surface area contributed by atoms with E-state index in [1.165, 1.54) is 11.6 Å². The highest BCUT2D eigenvalue weighted by Crippen LogP contribution is 2.21. The van der Waals surface area contributed by atoms with Crippen LogP contribution in [0.1, 0.15) is 5.56 Å². The van der Waals surface area contributed by atoms with E-state index >= 15 is 0 Å². The molecule has 4 aromatic rings. The summed E-state index contributed by atoms with van der Waals surface area (Å²) in [5, 5.41) is 2.83. The Morgan fingerprint density at radius 2 is 1.75 bits per heavy atom. The molecular formula is C23H23N5O4. The van der Waals surface area contributed by atoms with Gasteiger partial charge >= 0.3 is 5.69 Å². The number of nitrogens with zero attached hydrogens (tertiary/aromatic N) is 3. The molecule has 0 aliphatic rings. The number of benzene rings is 2. The number of aromatic amines is 1.